The second-order valence-corrected chi connectivity index (χ2v) is 19.9. The van der Waals surface area contributed by atoms with Crippen LogP contribution in [-0.4, -0.2) is 118 Å². The first-order chi connectivity index (χ1) is 39.5. The van der Waals surface area contributed by atoms with Gasteiger partial charge in [-0.05, 0) is 81.3 Å². The number of pyridine rings is 4. The lowest BCUT2D eigenvalue weighted by atomic mass is 9.85. The first-order valence-electron chi connectivity index (χ1n) is 27.6. The van der Waals surface area contributed by atoms with E-state index in [-0.39, 0.29) is 120 Å². The Balaban J connectivity index is 0.731. The third kappa shape index (κ3) is 13.1. The SMILES string of the molecule is CCCNC(=O)[C@](O)(CC)c1cc2n(c(=O)c1CCC(=O)OCCCNC(=O)OCCOC(=O)NCCCOC(=O)OCc1c([C@@](O)(CC)C(=O)NCCC)cc3n(c1=O)Cc1cc4ccccc4nc1-3)Cc1cc3ccccc3nc1-2. The Bertz CT molecular complexity index is 3300. The van der Waals surface area contributed by atoms with E-state index in [1.165, 1.54) is 4.57 Å². The Hall–Kier alpha value is -8.70. The van der Waals surface area contributed by atoms with Gasteiger partial charge in [0.25, 0.3) is 22.9 Å². The van der Waals surface area contributed by atoms with Crippen molar-refractivity contribution in [3.05, 3.63) is 127 Å². The largest absolute Gasteiger partial charge is 0.508 e. The van der Waals surface area contributed by atoms with Gasteiger partial charge in [-0.15, -0.1) is 0 Å². The lowest BCUT2D eigenvalue weighted by Gasteiger charge is -2.29. The van der Waals surface area contributed by atoms with Crippen molar-refractivity contribution in [2.75, 3.05) is 52.6 Å². The summed E-state index contributed by atoms with van der Waals surface area (Å²) in [5, 5.41) is 36.1. The summed E-state index contributed by atoms with van der Waals surface area (Å²) in [6.45, 7) is 6.63. The van der Waals surface area contributed by atoms with Crippen LogP contribution in [0.3, 0.4) is 0 Å². The topological polar surface area (TPSA) is 307 Å². The lowest BCUT2D eigenvalue weighted by Crippen LogP contribution is -2.46. The van der Waals surface area contributed by atoms with E-state index in [9.17, 15) is 48.6 Å². The number of nitrogens with zero attached hydrogens (tertiary/aromatic N) is 4. The zero-order chi connectivity index (χ0) is 58.6. The number of hydrogen-bond donors (Lipinski definition) is 6. The molecule has 23 heteroatoms. The summed E-state index contributed by atoms with van der Waals surface area (Å²) in [6.07, 6.45) is -1.68. The summed E-state index contributed by atoms with van der Waals surface area (Å²) in [6, 6.07) is 22.2. The second kappa shape index (κ2) is 26.7. The Labute approximate surface area is 471 Å². The standard InChI is InChI=1S/C59H68N8O15/c1-5-21-60-53(71)58(76,7-3)42-31-46-49-38(29-36-15-9-11-17-44(36)64-49)33-66(46)51(69)40(42)19-20-48(68)78-25-13-23-62-55(73)79-27-28-80-56(74)63-24-14-26-81-57(75)82-35-41-43(59(77,8-4)54(72)61-22-6-2)32-47-50-39(34-67(47)52(41)70)30-37-16-10-12-18-45(37)65-50/h9-12,15-18,29-32,76-77H,5-8,13-14,19-28,33-35H2,1-4H3,(H,60,71)(H,61,72)(H,62,73)(H,63,74)/t58-,59-/m0/s1. The molecule has 0 saturated carbocycles. The molecule has 0 saturated heterocycles. The number of carbonyl (C=O) groups is 6. The van der Waals surface area contributed by atoms with Gasteiger partial charge >= 0.3 is 24.3 Å². The van der Waals surface area contributed by atoms with Gasteiger partial charge in [0.1, 0.15) is 19.8 Å². The van der Waals surface area contributed by atoms with E-state index in [1.807, 2.05) is 74.5 Å². The number of para-hydroxylation sites is 2. The molecule has 0 radical (unpaired) electrons. The molecule has 6 N–H and O–H groups in total. The lowest BCUT2D eigenvalue weighted by molar-refractivity contribution is -0.143. The predicted octanol–water partition coefficient (Wildman–Crippen LogP) is 5.47. The normalized spacial score (nSPS) is 13.3. The minimum Gasteiger partial charge on any atom is -0.466 e. The van der Waals surface area contributed by atoms with Gasteiger partial charge in [0.2, 0.25) is 0 Å². The van der Waals surface area contributed by atoms with Crippen molar-refractivity contribution in [3.63, 3.8) is 0 Å². The van der Waals surface area contributed by atoms with E-state index in [0.29, 0.717) is 47.7 Å². The van der Waals surface area contributed by atoms with E-state index in [0.717, 1.165) is 27.4 Å². The van der Waals surface area contributed by atoms with Gasteiger partial charge < -0.3 is 64.3 Å². The molecule has 0 fully saturated rings. The van der Waals surface area contributed by atoms with E-state index in [2.05, 4.69) is 21.3 Å². The number of alkyl carbamates (subject to hydrolysis) is 2. The highest BCUT2D eigenvalue weighted by atomic mass is 16.7. The summed E-state index contributed by atoms with van der Waals surface area (Å²) >= 11 is 0. The van der Waals surface area contributed by atoms with Crippen LogP contribution in [0.2, 0.25) is 0 Å². The van der Waals surface area contributed by atoms with Gasteiger partial charge in [-0.2, -0.15) is 0 Å². The number of fused-ring (bicyclic) bond motifs is 8. The molecule has 0 aliphatic carbocycles. The molecule has 4 aromatic heterocycles. The van der Waals surface area contributed by atoms with E-state index >= 15 is 0 Å². The third-order valence-corrected chi connectivity index (χ3v) is 14.4. The summed E-state index contributed by atoms with van der Waals surface area (Å²) in [7, 11) is 0. The number of nitrogens with one attached hydrogen (secondary N) is 4. The number of carbonyl (C=O) groups excluding carboxylic acids is 6. The fourth-order valence-electron chi connectivity index (χ4n) is 9.97. The first-order valence-corrected chi connectivity index (χ1v) is 27.6. The van der Waals surface area contributed by atoms with E-state index < -0.39 is 65.1 Å². The Kier molecular flexibility index (Phi) is 19.4. The van der Waals surface area contributed by atoms with Gasteiger partial charge in [-0.25, -0.2) is 24.4 Å². The van der Waals surface area contributed by atoms with Crippen molar-refractivity contribution < 1.29 is 62.7 Å². The summed E-state index contributed by atoms with van der Waals surface area (Å²) in [4.78, 5) is 115. The number of aromatic nitrogens is 4. The molecular weight excluding hydrogens is 1060 g/mol. The van der Waals surface area contributed by atoms with E-state index in [1.54, 1.807) is 30.5 Å². The zero-order valence-electron chi connectivity index (χ0n) is 46.4. The quantitative estimate of drug-likeness (QED) is 0.0222. The van der Waals surface area contributed by atoms with Crippen LogP contribution in [0.15, 0.2) is 82.4 Å². The number of benzene rings is 2. The van der Waals surface area contributed by atoms with Gasteiger partial charge in [0.15, 0.2) is 11.2 Å². The second-order valence-electron chi connectivity index (χ2n) is 19.9. The van der Waals surface area contributed by atoms with Gasteiger partial charge in [0, 0.05) is 71.2 Å². The maximum Gasteiger partial charge on any atom is 0.508 e. The van der Waals surface area contributed by atoms with Gasteiger partial charge in [0.05, 0.1) is 65.7 Å². The summed E-state index contributed by atoms with van der Waals surface area (Å²) in [5.41, 5.74) is -0.134. The minimum absolute atomic E-state index is 0.0173. The van der Waals surface area contributed by atoms with Crippen LogP contribution in [0.5, 0.6) is 0 Å². The van der Waals surface area contributed by atoms with Crippen molar-refractivity contribution in [1.29, 1.82) is 0 Å². The smallest absolute Gasteiger partial charge is 0.466 e. The molecule has 2 aliphatic rings. The Morgan fingerprint density at radius 2 is 1.02 bits per heavy atom. The molecule has 0 unspecified atom stereocenters. The molecule has 6 aromatic rings. The zero-order valence-corrected chi connectivity index (χ0v) is 46.4. The van der Waals surface area contributed by atoms with Crippen LogP contribution in [-0.2, 0) is 75.4 Å². The molecule has 23 nitrogen and oxygen atoms in total. The highest BCUT2D eigenvalue weighted by Gasteiger charge is 2.42. The highest BCUT2D eigenvalue weighted by Crippen LogP contribution is 2.38. The minimum atomic E-state index is -2.15. The molecule has 2 atom stereocenters. The Morgan fingerprint density at radius 3 is 1.51 bits per heavy atom. The Morgan fingerprint density at radius 1 is 0.561 bits per heavy atom. The molecule has 6 heterocycles. The number of aliphatic hydroxyl groups is 2. The molecule has 4 amide bonds. The van der Waals surface area contributed by atoms with Crippen molar-refractivity contribution in [2.24, 2.45) is 0 Å². The molecule has 2 aliphatic heterocycles. The average molecular weight is 1130 g/mol. The maximum absolute atomic E-state index is 14.2. The number of esters is 1. The highest BCUT2D eigenvalue weighted by molar-refractivity contribution is 5.90. The number of amides is 4. The van der Waals surface area contributed by atoms with Gasteiger partial charge in [-0.1, -0.05) is 64.1 Å². The van der Waals surface area contributed by atoms with Crippen molar-refractivity contribution in [1.82, 2.24) is 40.4 Å². The predicted molar refractivity (Wildman–Crippen MR) is 299 cm³/mol. The van der Waals surface area contributed by atoms with Crippen molar-refractivity contribution >= 4 is 57.9 Å². The van der Waals surface area contributed by atoms with E-state index in [4.69, 9.17) is 33.7 Å². The van der Waals surface area contributed by atoms with Crippen molar-refractivity contribution in [3.8, 4) is 22.8 Å². The molecule has 8 rings (SSSR count). The molecule has 0 bridgehead atoms. The van der Waals surface area contributed by atoms with Gasteiger partial charge in [-0.3, -0.25) is 24.0 Å². The molecule has 0 spiro atoms. The maximum atomic E-state index is 14.2. The number of rotatable bonds is 26. The van der Waals surface area contributed by atoms with Crippen LogP contribution >= 0.6 is 0 Å². The summed E-state index contributed by atoms with van der Waals surface area (Å²) in [5.74, 6) is -2.00. The average Bonchev–Trinajstić information content (AvgIpc) is 2.41. The molecule has 434 valence electrons. The first kappa shape index (κ1) is 59.4. The van der Waals surface area contributed by atoms with Crippen LogP contribution in [0.1, 0.15) is 106 Å². The fraction of sp³-hybridized carbons (Fsp3) is 0.424. The molecule has 2 aromatic carbocycles. The number of ether oxygens (including phenoxy) is 5. The summed E-state index contributed by atoms with van der Waals surface area (Å²) < 4.78 is 29.0. The monoisotopic (exact) mass is 1130 g/mol. The fourth-order valence-corrected chi connectivity index (χ4v) is 9.97. The molecule has 82 heavy (non-hydrogen) atoms. The van der Waals surface area contributed by atoms with Crippen LogP contribution in [0.25, 0.3) is 44.6 Å². The van der Waals surface area contributed by atoms with Crippen LogP contribution in [0, 0.1) is 0 Å². The van der Waals surface area contributed by atoms with Crippen LogP contribution < -0.4 is 32.4 Å². The van der Waals surface area contributed by atoms with Crippen molar-refractivity contribution in [2.45, 2.75) is 110 Å². The molecular formula is C59H68N8O15. The third-order valence-electron chi connectivity index (χ3n) is 14.4. The van der Waals surface area contributed by atoms with Crippen LogP contribution in [0.4, 0.5) is 14.4 Å². The number of hydrogen-bond acceptors (Lipinski definition) is 17.